The predicted octanol–water partition coefficient (Wildman–Crippen LogP) is 2.11. The van der Waals surface area contributed by atoms with Crippen molar-refractivity contribution in [2.24, 2.45) is 0 Å². The molecule has 2 heterocycles. The summed E-state index contributed by atoms with van der Waals surface area (Å²) in [6.45, 7) is 16.5. The van der Waals surface area contributed by atoms with Crippen molar-refractivity contribution in [2.75, 3.05) is 0 Å². The predicted molar refractivity (Wildman–Crippen MR) is 94.1 cm³/mol. The van der Waals surface area contributed by atoms with E-state index in [4.69, 9.17) is 30.0 Å². The Balaban J connectivity index is 2.43. The van der Waals surface area contributed by atoms with Gasteiger partial charge in [0.15, 0.2) is 0 Å². The molecule has 0 aliphatic carbocycles. The standard InChI is InChI=1S/C10H28O8Si5/c1-19(2)12-10(13-20(3,4)16-19)14-21(5,6)17-23(9,11)18-22(7,8)15-10/h11H,1-9H3. The molecule has 0 aromatic heterocycles. The van der Waals surface area contributed by atoms with Crippen LogP contribution in [0.25, 0.3) is 0 Å². The van der Waals surface area contributed by atoms with Gasteiger partial charge in [0, 0.05) is 6.55 Å². The van der Waals surface area contributed by atoms with Gasteiger partial charge in [-0.15, -0.1) is 0 Å². The molecule has 0 aromatic carbocycles. The van der Waals surface area contributed by atoms with Crippen molar-refractivity contribution >= 4 is 43.0 Å². The van der Waals surface area contributed by atoms with Crippen LogP contribution in [0.15, 0.2) is 0 Å². The van der Waals surface area contributed by atoms with Gasteiger partial charge in [-0.1, -0.05) is 0 Å². The lowest BCUT2D eigenvalue weighted by Gasteiger charge is -2.53. The summed E-state index contributed by atoms with van der Waals surface area (Å²) >= 11 is 0. The second kappa shape index (κ2) is 5.63. The van der Waals surface area contributed by atoms with Gasteiger partial charge in [-0.25, -0.2) is 0 Å². The largest absolute Gasteiger partial charge is 0.477 e. The molecule has 0 unspecified atom stereocenters. The van der Waals surface area contributed by atoms with Crippen LogP contribution in [0.1, 0.15) is 0 Å². The molecule has 0 atom stereocenters. The fourth-order valence-electron chi connectivity index (χ4n) is 2.94. The van der Waals surface area contributed by atoms with Gasteiger partial charge in [-0.2, -0.15) is 0 Å². The zero-order valence-electron chi connectivity index (χ0n) is 15.3. The van der Waals surface area contributed by atoms with E-state index in [1.54, 1.807) is 32.7 Å². The van der Waals surface area contributed by atoms with E-state index in [9.17, 15) is 4.80 Å². The Morgan fingerprint density at radius 2 is 0.783 bits per heavy atom. The highest BCUT2D eigenvalue weighted by atomic mass is 28.5. The number of rotatable bonds is 0. The van der Waals surface area contributed by atoms with Crippen LogP contribution >= 0.6 is 0 Å². The van der Waals surface area contributed by atoms with Crippen LogP contribution in [0.5, 0.6) is 0 Å². The second-order valence-electron chi connectivity index (χ2n) is 7.71. The molecule has 23 heavy (non-hydrogen) atoms. The molecule has 1 N–H and O–H groups in total. The van der Waals surface area contributed by atoms with E-state index in [1.807, 2.05) is 26.2 Å². The maximum absolute atomic E-state index is 10.5. The minimum Gasteiger partial charge on any atom is -0.415 e. The van der Waals surface area contributed by atoms with Crippen molar-refractivity contribution in [3.8, 4) is 0 Å². The van der Waals surface area contributed by atoms with Gasteiger partial charge in [0.25, 0.3) is 0 Å². The highest BCUT2D eigenvalue weighted by Gasteiger charge is 2.63. The summed E-state index contributed by atoms with van der Waals surface area (Å²) in [6.07, 6.45) is -1.68. The maximum atomic E-state index is 10.5. The highest BCUT2D eigenvalue weighted by Crippen LogP contribution is 2.41. The molecule has 1 spiro atoms. The minimum absolute atomic E-state index is 1.57. The zero-order valence-corrected chi connectivity index (χ0v) is 20.3. The Morgan fingerprint density at radius 1 is 0.522 bits per heavy atom. The Labute approximate surface area is 143 Å². The molecule has 2 aliphatic rings. The van der Waals surface area contributed by atoms with Crippen molar-refractivity contribution in [3.05, 3.63) is 0 Å². The van der Waals surface area contributed by atoms with Gasteiger partial charge in [-0.05, 0) is 52.4 Å². The topological polar surface area (TPSA) is 84.8 Å². The molecule has 136 valence electrons. The van der Waals surface area contributed by atoms with Crippen LogP contribution in [0.4, 0.5) is 0 Å². The molecule has 8 nitrogen and oxygen atoms in total. The first kappa shape index (κ1) is 20.1. The van der Waals surface area contributed by atoms with Gasteiger partial charge in [-0.3, -0.25) is 0 Å². The third-order valence-electron chi connectivity index (χ3n) is 2.85. The van der Waals surface area contributed by atoms with Crippen molar-refractivity contribution in [3.63, 3.8) is 0 Å². The fourth-order valence-corrected chi connectivity index (χ4v) is 19.6. The van der Waals surface area contributed by atoms with Crippen LogP contribution in [-0.4, -0.2) is 54.0 Å². The number of hydrogen-bond donors (Lipinski definition) is 1. The Kier molecular flexibility index (Phi) is 4.92. The van der Waals surface area contributed by atoms with Crippen LogP contribution in [0.2, 0.25) is 58.9 Å². The fraction of sp³-hybridized carbons (Fsp3) is 1.00. The first-order valence-electron chi connectivity index (χ1n) is 7.58. The SMILES string of the molecule is C[Si]1(C)OC2(O[Si](C)(C)O1)O[Si](C)(C)O[Si](C)(O)O[Si](C)(C)O2. The van der Waals surface area contributed by atoms with E-state index >= 15 is 0 Å². The minimum atomic E-state index is -3.34. The molecule has 0 bridgehead atoms. The molecule has 0 aromatic rings. The first-order valence-corrected chi connectivity index (χ1v) is 21.1. The van der Waals surface area contributed by atoms with Crippen molar-refractivity contribution in [1.82, 2.24) is 0 Å². The molecular formula is C10H28O8Si5. The summed E-state index contributed by atoms with van der Waals surface area (Å²) in [5.74, 6) is 0. The number of hydrogen-bond acceptors (Lipinski definition) is 8. The monoisotopic (exact) mass is 416 g/mol. The Morgan fingerprint density at radius 3 is 1.09 bits per heavy atom. The lowest BCUT2D eigenvalue weighted by molar-refractivity contribution is -0.412. The summed E-state index contributed by atoms with van der Waals surface area (Å²) in [7, 11) is -14.0. The van der Waals surface area contributed by atoms with E-state index in [2.05, 4.69) is 0 Å². The molecule has 13 heteroatoms. The maximum Gasteiger partial charge on any atom is 0.477 e. The van der Waals surface area contributed by atoms with E-state index in [1.165, 1.54) is 0 Å². The van der Waals surface area contributed by atoms with Gasteiger partial charge in [0.1, 0.15) is 0 Å². The normalized spacial score (nSPS) is 33.7. The molecule has 2 fully saturated rings. The van der Waals surface area contributed by atoms with E-state index in [0.717, 1.165) is 0 Å². The van der Waals surface area contributed by atoms with Crippen molar-refractivity contribution in [2.45, 2.75) is 65.1 Å². The Hall–Kier alpha value is 0.764. The summed E-state index contributed by atoms with van der Waals surface area (Å²) in [4.78, 5) is 10.5. The lowest BCUT2D eigenvalue weighted by Crippen LogP contribution is -2.72. The summed E-state index contributed by atoms with van der Waals surface area (Å²) in [6, 6.07) is 0. The van der Waals surface area contributed by atoms with Gasteiger partial charge in [0.05, 0.1) is 0 Å². The first-order chi connectivity index (χ1) is 9.95. The average molecular weight is 417 g/mol. The van der Waals surface area contributed by atoms with Crippen LogP contribution < -0.4 is 0 Å². The van der Waals surface area contributed by atoms with Crippen molar-refractivity contribution < 1.29 is 34.8 Å². The zero-order chi connectivity index (χ0) is 17.9. The van der Waals surface area contributed by atoms with E-state index in [-0.39, 0.29) is 0 Å². The van der Waals surface area contributed by atoms with Gasteiger partial charge in [0.2, 0.25) is 0 Å². The van der Waals surface area contributed by atoms with E-state index < -0.39 is 49.2 Å². The third kappa shape index (κ3) is 5.37. The quantitative estimate of drug-likeness (QED) is 0.601. The molecule has 2 aliphatic heterocycles. The van der Waals surface area contributed by atoms with Gasteiger partial charge < -0.3 is 34.8 Å². The average Bonchev–Trinajstić information content (AvgIpc) is 1.99. The molecule has 0 saturated carbocycles. The highest BCUT2D eigenvalue weighted by molar-refractivity contribution is 6.83. The van der Waals surface area contributed by atoms with Crippen molar-refractivity contribution in [1.29, 1.82) is 0 Å². The lowest BCUT2D eigenvalue weighted by atomic mass is 11.2. The summed E-state index contributed by atoms with van der Waals surface area (Å²) in [5, 5.41) is 0. The van der Waals surface area contributed by atoms with Crippen LogP contribution in [0, 0.1) is 0 Å². The summed E-state index contributed by atoms with van der Waals surface area (Å²) < 4.78 is 42.0. The molecular weight excluding hydrogens is 389 g/mol. The van der Waals surface area contributed by atoms with E-state index in [0.29, 0.717) is 0 Å². The Bertz CT molecular complexity index is 440. The van der Waals surface area contributed by atoms with Crippen LogP contribution in [0.3, 0.4) is 0 Å². The third-order valence-corrected chi connectivity index (χ3v) is 16.7. The van der Waals surface area contributed by atoms with Crippen LogP contribution in [-0.2, 0) is 30.0 Å². The molecule has 0 amide bonds. The second-order valence-corrected chi connectivity index (χ2v) is 24.0. The smallest absolute Gasteiger partial charge is 0.415 e. The summed E-state index contributed by atoms with van der Waals surface area (Å²) in [5.41, 5.74) is 0. The molecule has 2 saturated heterocycles. The molecule has 0 radical (unpaired) electrons. The molecule has 2 rings (SSSR count). The van der Waals surface area contributed by atoms with Gasteiger partial charge >= 0.3 is 49.2 Å².